The Morgan fingerprint density at radius 1 is 0.905 bits per heavy atom. The number of nitrogens with one attached hydrogen (secondary N) is 1. The van der Waals surface area contributed by atoms with Crippen molar-refractivity contribution in [3.8, 4) is 0 Å². The van der Waals surface area contributed by atoms with Crippen LogP contribution in [0.2, 0.25) is 0 Å². The van der Waals surface area contributed by atoms with Gasteiger partial charge in [-0.15, -0.1) is 0 Å². The number of nitrogens with zero attached hydrogens (tertiary/aromatic N) is 1. The third-order valence-corrected chi connectivity index (χ3v) is 3.91. The molecule has 0 bridgehead atoms. The Morgan fingerprint density at radius 2 is 1.48 bits per heavy atom. The molecule has 0 aromatic heterocycles. The summed E-state index contributed by atoms with van der Waals surface area (Å²) in [5.74, 6) is 0. The Hall–Kier alpha value is -0.860. The first kappa shape index (κ1) is 18.2. The minimum Gasteiger partial charge on any atom is -0.310 e. The molecule has 1 N–H and O–H groups in total. The molecular formula is C19H34N2. The lowest BCUT2D eigenvalue weighted by Crippen LogP contribution is -2.31. The fourth-order valence-electron chi connectivity index (χ4n) is 3.12. The van der Waals surface area contributed by atoms with Gasteiger partial charge in [0.25, 0.3) is 0 Å². The molecule has 1 aromatic carbocycles. The van der Waals surface area contributed by atoms with Gasteiger partial charge < -0.3 is 10.2 Å². The van der Waals surface area contributed by atoms with Crippen LogP contribution < -0.4 is 5.32 Å². The lowest BCUT2D eigenvalue weighted by atomic mass is 9.98. The molecule has 0 heterocycles. The molecule has 1 unspecified atom stereocenters. The van der Waals surface area contributed by atoms with Crippen LogP contribution in [0.4, 0.5) is 0 Å². The van der Waals surface area contributed by atoms with Crippen LogP contribution >= 0.6 is 0 Å². The first-order valence-electron chi connectivity index (χ1n) is 8.64. The maximum Gasteiger partial charge on any atom is 0.0332 e. The van der Waals surface area contributed by atoms with Crippen molar-refractivity contribution in [3.05, 3.63) is 34.9 Å². The van der Waals surface area contributed by atoms with E-state index in [-0.39, 0.29) is 0 Å². The third-order valence-electron chi connectivity index (χ3n) is 3.91. The number of rotatable bonds is 10. The molecule has 0 aliphatic heterocycles. The summed E-state index contributed by atoms with van der Waals surface area (Å²) in [6, 6.07) is 7.41. The van der Waals surface area contributed by atoms with Crippen molar-refractivity contribution in [2.24, 2.45) is 0 Å². The lowest BCUT2D eigenvalue weighted by Gasteiger charge is -2.25. The highest BCUT2D eigenvalue weighted by Gasteiger charge is 2.13. The van der Waals surface area contributed by atoms with Crippen molar-refractivity contribution < 1.29 is 0 Å². The minimum absolute atomic E-state index is 0.477. The first-order chi connectivity index (χ1) is 10.1. The van der Waals surface area contributed by atoms with E-state index < -0.39 is 0 Å². The largest absolute Gasteiger partial charge is 0.310 e. The standard InChI is InChI=1S/C19H34N2/c1-6-10-21(11-7-2)12-9-19(20-8-3)18-14-16(4)13-17(5)15-18/h13-15,19-20H,6-12H2,1-5H3. The summed E-state index contributed by atoms with van der Waals surface area (Å²) < 4.78 is 0. The van der Waals surface area contributed by atoms with Crippen LogP contribution in [-0.2, 0) is 0 Å². The van der Waals surface area contributed by atoms with Gasteiger partial charge in [-0.1, -0.05) is 50.1 Å². The molecule has 0 fully saturated rings. The van der Waals surface area contributed by atoms with Gasteiger partial charge in [0.2, 0.25) is 0 Å². The highest BCUT2D eigenvalue weighted by atomic mass is 15.1. The van der Waals surface area contributed by atoms with Crippen LogP contribution in [0.25, 0.3) is 0 Å². The van der Waals surface area contributed by atoms with Gasteiger partial charge in [0.1, 0.15) is 0 Å². The number of hydrogen-bond donors (Lipinski definition) is 1. The maximum absolute atomic E-state index is 3.67. The monoisotopic (exact) mass is 290 g/mol. The molecule has 1 rings (SSSR count). The number of aryl methyl sites for hydroxylation is 2. The summed E-state index contributed by atoms with van der Waals surface area (Å²) in [4.78, 5) is 2.60. The minimum atomic E-state index is 0.477. The summed E-state index contributed by atoms with van der Waals surface area (Å²) in [6.07, 6.45) is 3.68. The summed E-state index contributed by atoms with van der Waals surface area (Å²) in [5.41, 5.74) is 4.18. The molecule has 0 aliphatic rings. The average Bonchev–Trinajstić information content (AvgIpc) is 2.42. The van der Waals surface area contributed by atoms with E-state index in [0.717, 1.165) is 6.54 Å². The molecule has 120 valence electrons. The second-order valence-corrected chi connectivity index (χ2v) is 6.16. The van der Waals surface area contributed by atoms with E-state index in [2.05, 4.69) is 63.0 Å². The van der Waals surface area contributed by atoms with Crippen LogP contribution in [-0.4, -0.2) is 31.1 Å². The van der Waals surface area contributed by atoms with Crippen LogP contribution in [0.1, 0.15) is 62.8 Å². The fourth-order valence-corrected chi connectivity index (χ4v) is 3.12. The molecule has 0 radical (unpaired) electrons. The van der Waals surface area contributed by atoms with E-state index in [0.29, 0.717) is 6.04 Å². The molecule has 0 saturated carbocycles. The van der Waals surface area contributed by atoms with Gasteiger partial charge in [0, 0.05) is 6.04 Å². The van der Waals surface area contributed by atoms with E-state index in [1.165, 1.54) is 55.6 Å². The molecule has 0 amide bonds. The van der Waals surface area contributed by atoms with Crippen molar-refractivity contribution >= 4 is 0 Å². The molecule has 21 heavy (non-hydrogen) atoms. The average molecular weight is 290 g/mol. The molecule has 1 aromatic rings. The number of hydrogen-bond acceptors (Lipinski definition) is 2. The smallest absolute Gasteiger partial charge is 0.0332 e. The van der Waals surface area contributed by atoms with Crippen LogP contribution in [0.15, 0.2) is 18.2 Å². The molecule has 0 saturated heterocycles. The van der Waals surface area contributed by atoms with Crippen LogP contribution in [0, 0.1) is 13.8 Å². The zero-order valence-electron chi connectivity index (χ0n) is 14.7. The van der Waals surface area contributed by atoms with Crippen molar-refractivity contribution in [2.45, 2.75) is 59.9 Å². The molecule has 0 aliphatic carbocycles. The van der Waals surface area contributed by atoms with Crippen LogP contribution in [0.3, 0.4) is 0 Å². The molecule has 0 spiro atoms. The highest BCUT2D eigenvalue weighted by Crippen LogP contribution is 2.20. The van der Waals surface area contributed by atoms with Crippen molar-refractivity contribution in [1.82, 2.24) is 10.2 Å². The Morgan fingerprint density at radius 3 is 1.95 bits per heavy atom. The van der Waals surface area contributed by atoms with Crippen molar-refractivity contribution in [2.75, 3.05) is 26.2 Å². The quantitative estimate of drug-likeness (QED) is 0.684. The summed E-state index contributed by atoms with van der Waals surface area (Å²) in [5, 5.41) is 3.67. The SMILES string of the molecule is CCCN(CCC)CCC(NCC)c1cc(C)cc(C)c1. The lowest BCUT2D eigenvalue weighted by molar-refractivity contribution is 0.257. The van der Waals surface area contributed by atoms with Gasteiger partial charge in [0.15, 0.2) is 0 Å². The van der Waals surface area contributed by atoms with E-state index in [1.807, 2.05) is 0 Å². The van der Waals surface area contributed by atoms with E-state index in [9.17, 15) is 0 Å². The summed E-state index contributed by atoms with van der Waals surface area (Å²) in [7, 11) is 0. The Balaban J connectivity index is 2.72. The normalized spacial score (nSPS) is 12.9. The van der Waals surface area contributed by atoms with E-state index in [1.54, 1.807) is 0 Å². The molecule has 1 atom stereocenters. The Kier molecular flexibility index (Phi) is 8.63. The van der Waals surface area contributed by atoms with E-state index in [4.69, 9.17) is 0 Å². The summed E-state index contributed by atoms with van der Waals surface area (Å²) >= 11 is 0. The summed E-state index contributed by atoms with van der Waals surface area (Å²) in [6.45, 7) is 15.8. The Bertz CT molecular complexity index is 374. The fraction of sp³-hybridized carbons (Fsp3) is 0.684. The molecular weight excluding hydrogens is 256 g/mol. The van der Waals surface area contributed by atoms with Crippen molar-refractivity contribution in [1.29, 1.82) is 0 Å². The zero-order chi connectivity index (χ0) is 15.7. The van der Waals surface area contributed by atoms with E-state index >= 15 is 0 Å². The van der Waals surface area contributed by atoms with Gasteiger partial charge in [-0.2, -0.15) is 0 Å². The van der Waals surface area contributed by atoms with Gasteiger partial charge in [-0.25, -0.2) is 0 Å². The second kappa shape index (κ2) is 9.97. The Labute approximate surface area is 131 Å². The zero-order valence-corrected chi connectivity index (χ0v) is 14.7. The van der Waals surface area contributed by atoms with Gasteiger partial charge >= 0.3 is 0 Å². The van der Waals surface area contributed by atoms with Gasteiger partial charge in [-0.05, 0) is 64.9 Å². The van der Waals surface area contributed by atoms with Crippen molar-refractivity contribution in [3.63, 3.8) is 0 Å². The first-order valence-corrected chi connectivity index (χ1v) is 8.64. The highest BCUT2D eigenvalue weighted by molar-refractivity contribution is 5.30. The van der Waals surface area contributed by atoms with Gasteiger partial charge in [0.05, 0.1) is 0 Å². The predicted molar refractivity (Wildman–Crippen MR) is 94.0 cm³/mol. The molecule has 2 heteroatoms. The third kappa shape index (κ3) is 6.62. The predicted octanol–water partition coefficient (Wildman–Crippen LogP) is 4.47. The van der Waals surface area contributed by atoms with Crippen LogP contribution in [0.5, 0.6) is 0 Å². The maximum atomic E-state index is 3.67. The molecule has 2 nitrogen and oxygen atoms in total. The topological polar surface area (TPSA) is 15.3 Å². The second-order valence-electron chi connectivity index (χ2n) is 6.16. The number of benzene rings is 1. The van der Waals surface area contributed by atoms with Gasteiger partial charge in [-0.3, -0.25) is 0 Å².